The summed E-state index contributed by atoms with van der Waals surface area (Å²) in [6, 6.07) is 4.39. The number of phenols is 1. The molecule has 0 aliphatic carbocycles. The number of aromatic hydroxyl groups is 1. The molecule has 0 bridgehead atoms. The van der Waals surface area contributed by atoms with Crippen LogP contribution in [0.1, 0.15) is 16.8 Å². The van der Waals surface area contributed by atoms with E-state index >= 15 is 0 Å². The highest BCUT2D eigenvalue weighted by Crippen LogP contribution is 2.20. The molecule has 1 heterocycles. The Hall–Kier alpha value is -2.28. The molecule has 1 aromatic rings. The van der Waals surface area contributed by atoms with Gasteiger partial charge in [-0.25, -0.2) is 0 Å². The van der Waals surface area contributed by atoms with Crippen LogP contribution >= 0.6 is 0 Å². The summed E-state index contributed by atoms with van der Waals surface area (Å²) in [4.78, 5) is 29.8. The molecule has 1 aliphatic rings. The summed E-state index contributed by atoms with van der Waals surface area (Å²) >= 11 is 0. The largest absolute Gasteiger partial charge is 0.508 e. The number of nitrogen functional groups attached to an aromatic ring is 1. The maximum Gasteiger partial charge on any atom is 0.256 e. The Kier molecular flexibility index (Phi) is 5.44. The minimum absolute atomic E-state index is 0.0237. The van der Waals surface area contributed by atoms with Gasteiger partial charge in [0.2, 0.25) is 5.91 Å². The molecule has 0 aromatic heterocycles. The molecule has 1 aliphatic heterocycles. The van der Waals surface area contributed by atoms with E-state index in [2.05, 4.69) is 4.90 Å². The maximum absolute atomic E-state index is 12.6. The Labute approximate surface area is 136 Å². The molecule has 1 saturated heterocycles. The average Bonchev–Trinajstić information content (AvgIpc) is 2.74. The number of likely N-dealkylation sites (N-methyl/N-ethyl adjacent to an activating group) is 1. The van der Waals surface area contributed by atoms with E-state index in [0.29, 0.717) is 37.4 Å². The molecule has 0 radical (unpaired) electrons. The molecule has 2 rings (SSSR count). The number of benzene rings is 1. The van der Waals surface area contributed by atoms with E-state index in [-0.39, 0.29) is 17.6 Å². The van der Waals surface area contributed by atoms with Gasteiger partial charge in [0.1, 0.15) is 5.75 Å². The first-order valence-electron chi connectivity index (χ1n) is 7.68. The second-order valence-corrected chi connectivity index (χ2v) is 5.98. The second kappa shape index (κ2) is 7.32. The van der Waals surface area contributed by atoms with Crippen LogP contribution in [0.25, 0.3) is 0 Å². The van der Waals surface area contributed by atoms with E-state index in [0.717, 1.165) is 13.0 Å². The minimum Gasteiger partial charge on any atom is -0.508 e. The first kappa shape index (κ1) is 17.1. The summed E-state index contributed by atoms with van der Waals surface area (Å²) in [6.07, 6.45) is 0.797. The number of anilines is 1. The summed E-state index contributed by atoms with van der Waals surface area (Å²) in [5, 5.41) is 9.56. The van der Waals surface area contributed by atoms with Crippen LogP contribution in [0.5, 0.6) is 5.75 Å². The third kappa shape index (κ3) is 4.35. The number of nitrogens with two attached hydrogens (primary N) is 1. The van der Waals surface area contributed by atoms with Crippen molar-refractivity contribution in [2.24, 2.45) is 0 Å². The quantitative estimate of drug-likeness (QED) is 0.614. The topological polar surface area (TPSA) is 90.1 Å². The summed E-state index contributed by atoms with van der Waals surface area (Å²) in [6.45, 7) is 2.93. The molecule has 7 nitrogen and oxygen atoms in total. The van der Waals surface area contributed by atoms with Crippen LogP contribution in [0, 0.1) is 0 Å². The molecule has 7 heteroatoms. The van der Waals surface area contributed by atoms with E-state index in [4.69, 9.17) is 5.73 Å². The highest BCUT2D eigenvalue weighted by molar-refractivity contribution is 5.99. The molecule has 1 aromatic carbocycles. The van der Waals surface area contributed by atoms with Gasteiger partial charge >= 0.3 is 0 Å². The van der Waals surface area contributed by atoms with E-state index in [1.165, 1.54) is 18.2 Å². The van der Waals surface area contributed by atoms with Gasteiger partial charge in [-0.05, 0) is 24.6 Å². The summed E-state index contributed by atoms with van der Waals surface area (Å²) in [5.74, 6) is -0.100. The zero-order valence-corrected chi connectivity index (χ0v) is 13.7. The highest BCUT2D eigenvalue weighted by Gasteiger charge is 2.23. The summed E-state index contributed by atoms with van der Waals surface area (Å²) in [7, 11) is 3.47. The van der Waals surface area contributed by atoms with Gasteiger partial charge in [0.15, 0.2) is 0 Å². The number of amides is 2. The van der Waals surface area contributed by atoms with Crippen LogP contribution in [-0.4, -0.2) is 78.4 Å². The van der Waals surface area contributed by atoms with Gasteiger partial charge in [-0.2, -0.15) is 0 Å². The zero-order valence-electron chi connectivity index (χ0n) is 13.7. The molecule has 0 saturated carbocycles. The zero-order chi connectivity index (χ0) is 17.0. The van der Waals surface area contributed by atoms with E-state index in [9.17, 15) is 14.7 Å². The maximum atomic E-state index is 12.6. The molecule has 0 unspecified atom stereocenters. The molecule has 1 fully saturated rings. The lowest BCUT2D eigenvalue weighted by molar-refractivity contribution is -0.129. The normalized spacial score (nSPS) is 16.0. The number of hydrogen-bond acceptors (Lipinski definition) is 5. The lowest BCUT2D eigenvalue weighted by Gasteiger charge is -2.23. The number of phenolic OH excluding ortho intramolecular Hbond substituents is 1. The van der Waals surface area contributed by atoms with Crippen molar-refractivity contribution >= 4 is 17.5 Å². The van der Waals surface area contributed by atoms with Gasteiger partial charge in [-0.1, -0.05) is 0 Å². The first-order chi connectivity index (χ1) is 10.9. The number of hydrogen-bond donors (Lipinski definition) is 2. The third-order valence-corrected chi connectivity index (χ3v) is 4.00. The van der Waals surface area contributed by atoms with Crippen LogP contribution in [0.3, 0.4) is 0 Å². The van der Waals surface area contributed by atoms with Gasteiger partial charge in [-0.3, -0.25) is 14.5 Å². The van der Waals surface area contributed by atoms with Crippen LogP contribution < -0.4 is 5.73 Å². The minimum atomic E-state index is -0.181. The molecule has 0 atom stereocenters. The summed E-state index contributed by atoms with van der Waals surface area (Å²) in [5.41, 5.74) is 6.52. The number of nitrogens with zero attached hydrogens (tertiary/aromatic N) is 3. The number of carbonyl (C=O) groups is 2. The van der Waals surface area contributed by atoms with Crippen molar-refractivity contribution in [2.45, 2.75) is 6.42 Å². The van der Waals surface area contributed by atoms with Crippen molar-refractivity contribution in [3.63, 3.8) is 0 Å². The van der Waals surface area contributed by atoms with Crippen molar-refractivity contribution in [1.82, 2.24) is 14.7 Å². The van der Waals surface area contributed by atoms with Crippen LogP contribution in [0.15, 0.2) is 18.2 Å². The molecule has 23 heavy (non-hydrogen) atoms. The van der Waals surface area contributed by atoms with Crippen molar-refractivity contribution in [3.05, 3.63) is 23.8 Å². The monoisotopic (exact) mass is 320 g/mol. The Bertz CT molecular complexity index is 589. The molecule has 3 N–H and O–H groups in total. The fraction of sp³-hybridized carbons (Fsp3) is 0.500. The third-order valence-electron chi connectivity index (χ3n) is 4.00. The molecule has 2 amide bonds. The van der Waals surface area contributed by atoms with Crippen LogP contribution in [0.4, 0.5) is 5.69 Å². The van der Waals surface area contributed by atoms with Crippen molar-refractivity contribution in [2.75, 3.05) is 52.6 Å². The standard InChI is InChI=1S/C16H24N4O3/c1-18(2)15(22)11-19-6-3-7-20(9-8-19)16(23)13-10-12(21)4-5-14(13)17/h4-5,10,21H,3,6-9,11,17H2,1-2H3. The Morgan fingerprint density at radius 2 is 1.96 bits per heavy atom. The lowest BCUT2D eigenvalue weighted by Crippen LogP contribution is -2.39. The van der Waals surface area contributed by atoms with Crippen molar-refractivity contribution in [1.29, 1.82) is 0 Å². The first-order valence-corrected chi connectivity index (χ1v) is 7.68. The Balaban J connectivity index is 2.01. The van der Waals surface area contributed by atoms with Gasteiger partial charge in [0.25, 0.3) is 5.91 Å². The molecule has 0 spiro atoms. The number of carbonyl (C=O) groups excluding carboxylic acids is 2. The van der Waals surface area contributed by atoms with E-state index in [1.54, 1.807) is 23.9 Å². The molecular weight excluding hydrogens is 296 g/mol. The lowest BCUT2D eigenvalue weighted by atomic mass is 10.1. The van der Waals surface area contributed by atoms with Crippen molar-refractivity contribution in [3.8, 4) is 5.75 Å². The molecular formula is C16H24N4O3. The van der Waals surface area contributed by atoms with E-state index in [1.807, 2.05) is 0 Å². The van der Waals surface area contributed by atoms with Crippen LogP contribution in [-0.2, 0) is 4.79 Å². The predicted octanol–water partition coefficient (Wildman–Crippen LogP) is 0.211. The highest BCUT2D eigenvalue weighted by atomic mass is 16.3. The summed E-state index contributed by atoms with van der Waals surface area (Å²) < 4.78 is 0. The van der Waals surface area contributed by atoms with Gasteiger partial charge in [0.05, 0.1) is 12.1 Å². The molecule has 126 valence electrons. The van der Waals surface area contributed by atoms with Crippen LogP contribution in [0.2, 0.25) is 0 Å². The Morgan fingerprint density at radius 3 is 2.65 bits per heavy atom. The van der Waals surface area contributed by atoms with Gasteiger partial charge in [0, 0.05) is 46.0 Å². The SMILES string of the molecule is CN(C)C(=O)CN1CCCN(C(=O)c2cc(O)ccc2N)CC1. The second-order valence-electron chi connectivity index (χ2n) is 5.98. The Morgan fingerprint density at radius 1 is 1.22 bits per heavy atom. The smallest absolute Gasteiger partial charge is 0.256 e. The predicted molar refractivity (Wildman–Crippen MR) is 88.2 cm³/mol. The van der Waals surface area contributed by atoms with Gasteiger partial charge in [-0.15, -0.1) is 0 Å². The fourth-order valence-corrected chi connectivity index (χ4v) is 2.56. The van der Waals surface area contributed by atoms with Gasteiger partial charge < -0.3 is 20.6 Å². The van der Waals surface area contributed by atoms with Crippen molar-refractivity contribution < 1.29 is 14.7 Å². The van der Waals surface area contributed by atoms with E-state index < -0.39 is 0 Å². The average molecular weight is 320 g/mol. The fourth-order valence-electron chi connectivity index (χ4n) is 2.56. The number of rotatable bonds is 3.